The minimum absolute atomic E-state index is 0.661. The van der Waals surface area contributed by atoms with Crippen LogP contribution in [0.4, 0.5) is 0 Å². The highest BCUT2D eigenvalue weighted by Crippen LogP contribution is 2.20. The molecule has 0 saturated heterocycles. The monoisotopic (exact) mass is 277 g/mol. The van der Waals surface area contributed by atoms with Crippen molar-refractivity contribution in [2.75, 3.05) is 6.54 Å². The van der Waals surface area contributed by atoms with Crippen LogP contribution < -0.4 is 5.32 Å². The molecule has 1 N–H and O–H groups in total. The van der Waals surface area contributed by atoms with Gasteiger partial charge in [0, 0.05) is 30.6 Å². The molecule has 3 heterocycles. The van der Waals surface area contributed by atoms with Gasteiger partial charge >= 0.3 is 0 Å². The molecule has 19 heavy (non-hydrogen) atoms. The van der Waals surface area contributed by atoms with Crippen molar-refractivity contribution >= 4 is 16.3 Å². The Morgan fingerprint density at radius 1 is 1.42 bits per heavy atom. The maximum absolute atomic E-state index is 4.95. The van der Waals surface area contributed by atoms with Crippen molar-refractivity contribution in [2.24, 2.45) is 0 Å². The van der Waals surface area contributed by atoms with Crippen LogP contribution in [0.2, 0.25) is 0 Å². The fourth-order valence-corrected chi connectivity index (χ4v) is 3.01. The minimum atomic E-state index is 0.661. The average Bonchev–Trinajstić information content (AvgIpc) is 3.07. The van der Waals surface area contributed by atoms with E-state index in [0.29, 0.717) is 5.89 Å². The zero-order valence-corrected chi connectivity index (χ0v) is 11.7. The molecular weight excluding hydrogens is 262 g/mol. The van der Waals surface area contributed by atoms with E-state index in [1.807, 2.05) is 6.92 Å². The second-order valence-electron chi connectivity index (χ2n) is 4.40. The fraction of sp³-hybridized carbons (Fsp3) is 0.417. The van der Waals surface area contributed by atoms with Crippen LogP contribution >= 0.6 is 11.3 Å². The van der Waals surface area contributed by atoms with Gasteiger partial charge in [0.25, 0.3) is 0 Å². The summed E-state index contributed by atoms with van der Waals surface area (Å²) in [5, 5.41) is 9.10. The summed E-state index contributed by atoms with van der Waals surface area (Å²) in [4.78, 5) is 9.61. The van der Waals surface area contributed by atoms with E-state index in [2.05, 4.69) is 37.1 Å². The van der Waals surface area contributed by atoms with Gasteiger partial charge in [-0.15, -0.1) is 11.3 Å². The highest BCUT2D eigenvalue weighted by atomic mass is 32.1. The molecule has 0 bridgehead atoms. The molecule has 3 rings (SSSR count). The van der Waals surface area contributed by atoms with Crippen LogP contribution in [0.1, 0.15) is 23.0 Å². The van der Waals surface area contributed by atoms with Gasteiger partial charge in [0.1, 0.15) is 0 Å². The van der Waals surface area contributed by atoms with E-state index in [0.717, 1.165) is 30.2 Å². The molecule has 3 aromatic heterocycles. The van der Waals surface area contributed by atoms with Crippen LogP contribution in [0.15, 0.2) is 16.2 Å². The van der Waals surface area contributed by atoms with E-state index in [1.165, 1.54) is 17.7 Å². The van der Waals surface area contributed by atoms with E-state index in [-0.39, 0.29) is 0 Å². The number of fused-ring (bicyclic) bond motifs is 1. The van der Waals surface area contributed by atoms with Gasteiger partial charge in [0.05, 0.1) is 11.4 Å². The van der Waals surface area contributed by atoms with Crippen molar-refractivity contribution in [1.29, 1.82) is 0 Å². The predicted octanol–water partition coefficient (Wildman–Crippen LogP) is 1.73. The summed E-state index contributed by atoms with van der Waals surface area (Å²) in [7, 11) is 0. The first-order valence-electron chi connectivity index (χ1n) is 6.14. The molecule has 0 aliphatic rings. The number of hydrogen-bond acceptors (Lipinski definition) is 6. The number of nitrogens with zero attached hydrogens (tertiary/aromatic N) is 4. The van der Waals surface area contributed by atoms with Gasteiger partial charge in [0.2, 0.25) is 5.89 Å². The quantitative estimate of drug-likeness (QED) is 0.719. The molecule has 100 valence electrons. The lowest BCUT2D eigenvalue weighted by Crippen LogP contribution is -2.18. The number of aryl methyl sites for hydroxylation is 2. The van der Waals surface area contributed by atoms with Crippen LogP contribution in [0.5, 0.6) is 0 Å². The lowest BCUT2D eigenvalue weighted by atomic mass is 10.3. The summed E-state index contributed by atoms with van der Waals surface area (Å²) >= 11 is 1.68. The van der Waals surface area contributed by atoms with Gasteiger partial charge in [-0.1, -0.05) is 5.16 Å². The Bertz CT molecular complexity index is 670. The first kappa shape index (κ1) is 12.3. The maximum atomic E-state index is 4.95. The SMILES string of the molecule is Cc1nc2scc(C)n2c1CNCCc1ncno1. The third kappa shape index (κ3) is 2.39. The van der Waals surface area contributed by atoms with E-state index in [1.54, 1.807) is 11.3 Å². The zero-order valence-electron chi connectivity index (χ0n) is 10.9. The lowest BCUT2D eigenvalue weighted by Gasteiger charge is -2.04. The Morgan fingerprint density at radius 3 is 3.11 bits per heavy atom. The van der Waals surface area contributed by atoms with E-state index < -0.39 is 0 Å². The highest BCUT2D eigenvalue weighted by Gasteiger charge is 2.11. The summed E-state index contributed by atoms with van der Waals surface area (Å²) in [5.41, 5.74) is 3.54. The normalized spacial score (nSPS) is 11.5. The second-order valence-corrected chi connectivity index (χ2v) is 5.24. The Morgan fingerprint density at radius 2 is 2.32 bits per heavy atom. The molecule has 3 aromatic rings. The number of aromatic nitrogens is 4. The molecule has 6 nitrogen and oxygen atoms in total. The van der Waals surface area contributed by atoms with Gasteiger partial charge in [-0.25, -0.2) is 4.98 Å². The molecule has 0 aliphatic carbocycles. The van der Waals surface area contributed by atoms with E-state index in [4.69, 9.17) is 4.52 Å². The number of rotatable bonds is 5. The second kappa shape index (κ2) is 5.10. The van der Waals surface area contributed by atoms with Crippen molar-refractivity contribution in [1.82, 2.24) is 24.8 Å². The number of imidazole rings is 1. The first-order valence-corrected chi connectivity index (χ1v) is 7.02. The van der Waals surface area contributed by atoms with Crippen molar-refractivity contribution in [3.63, 3.8) is 0 Å². The van der Waals surface area contributed by atoms with Crippen LogP contribution in [0, 0.1) is 13.8 Å². The Labute approximate surface area is 114 Å². The smallest absolute Gasteiger partial charge is 0.227 e. The van der Waals surface area contributed by atoms with Crippen LogP contribution in [0.25, 0.3) is 4.96 Å². The van der Waals surface area contributed by atoms with Crippen LogP contribution in [-0.2, 0) is 13.0 Å². The van der Waals surface area contributed by atoms with E-state index in [9.17, 15) is 0 Å². The van der Waals surface area contributed by atoms with Gasteiger partial charge < -0.3 is 9.84 Å². The van der Waals surface area contributed by atoms with Crippen LogP contribution in [0.3, 0.4) is 0 Å². The molecule has 0 spiro atoms. The Hall–Kier alpha value is -1.73. The fourth-order valence-electron chi connectivity index (χ4n) is 2.08. The summed E-state index contributed by atoms with van der Waals surface area (Å²) in [6, 6.07) is 0. The van der Waals surface area contributed by atoms with Crippen molar-refractivity contribution in [2.45, 2.75) is 26.8 Å². The van der Waals surface area contributed by atoms with Crippen LogP contribution in [-0.4, -0.2) is 26.1 Å². The first-order chi connectivity index (χ1) is 9.25. The Kier molecular flexibility index (Phi) is 3.31. The zero-order chi connectivity index (χ0) is 13.2. The topological polar surface area (TPSA) is 68.2 Å². The van der Waals surface area contributed by atoms with Crippen molar-refractivity contribution in [3.8, 4) is 0 Å². The third-order valence-electron chi connectivity index (χ3n) is 3.04. The molecule has 0 aliphatic heterocycles. The molecular formula is C12H15N5OS. The standard InChI is InChI=1S/C12H15N5OS/c1-8-6-19-12-16-9(2)10(17(8)12)5-13-4-3-11-14-7-15-18-11/h6-7,13H,3-5H2,1-2H3. The lowest BCUT2D eigenvalue weighted by molar-refractivity contribution is 0.374. The molecule has 0 atom stereocenters. The minimum Gasteiger partial charge on any atom is -0.340 e. The molecule has 0 amide bonds. The maximum Gasteiger partial charge on any atom is 0.227 e. The van der Waals surface area contributed by atoms with Crippen molar-refractivity contribution in [3.05, 3.63) is 34.7 Å². The summed E-state index contributed by atoms with van der Waals surface area (Å²) < 4.78 is 7.16. The number of nitrogens with one attached hydrogen (secondary N) is 1. The highest BCUT2D eigenvalue weighted by molar-refractivity contribution is 7.15. The average molecular weight is 277 g/mol. The number of thiazole rings is 1. The van der Waals surface area contributed by atoms with E-state index >= 15 is 0 Å². The summed E-state index contributed by atoms with van der Waals surface area (Å²) in [5.74, 6) is 0.661. The largest absolute Gasteiger partial charge is 0.340 e. The van der Waals surface area contributed by atoms with Crippen molar-refractivity contribution < 1.29 is 4.52 Å². The molecule has 0 unspecified atom stereocenters. The van der Waals surface area contributed by atoms with Gasteiger partial charge in [-0.2, -0.15) is 4.98 Å². The molecule has 0 fully saturated rings. The van der Waals surface area contributed by atoms with Gasteiger partial charge in [0.15, 0.2) is 11.3 Å². The predicted molar refractivity (Wildman–Crippen MR) is 72.3 cm³/mol. The number of hydrogen-bond donors (Lipinski definition) is 1. The molecule has 0 radical (unpaired) electrons. The van der Waals surface area contributed by atoms with Gasteiger partial charge in [-0.3, -0.25) is 4.40 Å². The van der Waals surface area contributed by atoms with Gasteiger partial charge in [-0.05, 0) is 13.8 Å². The Balaban J connectivity index is 1.65. The third-order valence-corrected chi connectivity index (χ3v) is 3.99. The molecule has 7 heteroatoms. The molecule has 0 saturated carbocycles. The molecule has 0 aromatic carbocycles. The summed E-state index contributed by atoms with van der Waals surface area (Å²) in [6.45, 7) is 5.75. The summed E-state index contributed by atoms with van der Waals surface area (Å²) in [6.07, 6.45) is 2.16.